The van der Waals surface area contributed by atoms with Gasteiger partial charge in [0.05, 0.1) is 13.2 Å². The molecule has 1 unspecified atom stereocenters. The molecular formula is C17H34N2O6. The predicted molar refractivity (Wildman–Crippen MR) is 94.5 cm³/mol. The SMILES string of the molecule is CCCNC(=O)CCCOCCCNC(=O)COCC(COC)OC. The molecule has 0 bridgehead atoms. The zero-order valence-corrected chi connectivity index (χ0v) is 15.8. The first-order valence-corrected chi connectivity index (χ1v) is 8.84. The smallest absolute Gasteiger partial charge is 0.246 e. The Bertz CT molecular complexity index is 341. The first-order chi connectivity index (χ1) is 12.1. The van der Waals surface area contributed by atoms with Crippen LogP contribution in [0.25, 0.3) is 0 Å². The van der Waals surface area contributed by atoms with Crippen LogP contribution in [-0.4, -0.2) is 78.3 Å². The average molecular weight is 362 g/mol. The summed E-state index contributed by atoms with van der Waals surface area (Å²) in [5.74, 6) is -0.0983. The average Bonchev–Trinajstić information content (AvgIpc) is 2.61. The Hall–Kier alpha value is -1.22. The molecule has 2 amide bonds. The first kappa shape index (κ1) is 23.8. The molecule has 0 saturated heterocycles. The minimum atomic E-state index is -0.171. The van der Waals surface area contributed by atoms with Crippen molar-refractivity contribution < 1.29 is 28.5 Å². The molecule has 1 atom stereocenters. The van der Waals surface area contributed by atoms with Crippen molar-refractivity contribution in [2.24, 2.45) is 0 Å². The maximum absolute atomic E-state index is 11.6. The molecule has 0 saturated carbocycles. The summed E-state index contributed by atoms with van der Waals surface area (Å²) in [7, 11) is 3.16. The molecule has 0 aliphatic rings. The van der Waals surface area contributed by atoms with Crippen molar-refractivity contribution in [3.63, 3.8) is 0 Å². The summed E-state index contributed by atoms with van der Waals surface area (Å²) in [6, 6.07) is 0. The molecule has 0 radical (unpaired) electrons. The highest BCUT2D eigenvalue weighted by Gasteiger charge is 2.08. The van der Waals surface area contributed by atoms with Gasteiger partial charge in [0.25, 0.3) is 0 Å². The molecular weight excluding hydrogens is 328 g/mol. The Labute approximate surface area is 150 Å². The Morgan fingerprint density at radius 1 is 0.920 bits per heavy atom. The van der Waals surface area contributed by atoms with E-state index in [9.17, 15) is 9.59 Å². The Morgan fingerprint density at radius 2 is 1.64 bits per heavy atom. The third-order valence-corrected chi connectivity index (χ3v) is 3.28. The highest BCUT2D eigenvalue weighted by molar-refractivity contribution is 5.77. The van der Waals surface area contributed by atoms with Crippen LogP contribution in [0.4, 0.5) is 0 Å². The summed E-state index contributed by atoms with van der Waals surface area (Å²) < 4.78 is 20.8. The highest BCUT2D eigenvalue weighted by Crippen LogP contribution is 1.93. The van der Waals surface area contributed by atoms with Crippen molar-refractivity contribution in [1.29, 1.82) is 0 Å². The molecule has 0 aromatic rings. The lowest BCUT2D eigenvalue weighted by atomic mass is 10.3. The number of amides is 2. The molecule has 0 rings (SSSR count). The number of hydrogen-bond donors (Lipinski definition) is 2. The summed E-state index contributed by atoms with van der Waals surface area (Å²) in [5, 5.41) is 5.58. The van der Waals surface area contributed by atoms with Gasteiger partial charge in [0.2, 0.25) is 11.8 Å². The van der Waals surface area contributed by atoms with Crippen LogP contribution in [0.2, 0.25) is 0 Å². The van der Waals surface area contributed by atoms with E-state index in [0.29, 0.717) is 45.8 Å². The predicted octanol–water partition coefficient (Wildman–Crippen LogP) is 0.494. The lowest BCUT2D eigenvalue weighted by Gasteiger charge is -2.14. The van der Waals surface area contributed by atoms with Gasteiger partial charge in [-0.1, -0.05) is 6.92 Å². The lowest BCUT2D eigenvalue weighted by Crippen LogP contribution is -2.31. The number of rotatable bonds is 17. The molecule has 0 aromatic heterocycles. The number of hydrogen-bond acceptors (Lipinski definition) is 6. The van der Waals surface area contributed by atoms with Crippen LogP contribution in [0.1, 0.15) is 32.6 Å². The second kappa shape index (κ2) is 17.6. The van der Waals surface area contributed by atoms with E-state index in [-0.39, 0.29) is 24.5 Å². The van der Waals surface area contributed by atoms with Crippen LogP contribution in [0.5, 0.6) is 0 Å². The summed E-state index contributed by atoms with van der Waals surface area (Å²) in [6.07, 6.45) is 2.68. The maximum Gasteiger partial charge on any atom is 0.246 e. The van der Waals surface area contributed by atoms with Gasteiger partial charge in [-0.3, -0.25) is 9.59 Å². The molecule has 0 aromatic carbocycles. The standard InChI is InChI=1S/C17H34N2O6/c1-4-8-18-16(20)7-5-10-24-11-6-9-19-17(21)14-25-13-15(23-3)12-22-2/h15H,4-14H2,1-3H3,(H,18,20)(H,19,21). The number of carbonyl (C=O) groups is 2. The largest absolute Gasteiger partial charge is 0.382 e. The fourth-order valence-corrected chi connectivity index (χ4v) is 1.90. The van der Waals surface area contributed by atoms with Crippen LogP contribution < -0.4 is 10.6 Å². The zero-order valence-electron chi connectivity index (χ0n) is 15.8. The van der Waals surface area contributed by atoms with E-state index in [2.05, 4.69) is 10.6 Å². The molecule has 8 nitrogen and oxygen atoms in total. The van der Waals surface area contributed by atoms with Crippen molar-refractivity contribution in [3.05, 3.63) is 0 Å². The van der Waals surface area contributed by atoms with E-state index in [0.717, 1.165) is 19.4 Å². The topological polar surface area (TPSA) is 95.1 Å². The van der Waals surface area contributed by atoms with Gasteiger partial charge in [0, 0.05) is 46.9 Å². The fourth-order valence-electron chi connectivity index (χ4n) is 1.90. The normalized spacial score (nSPS) is 12.0. The summed E-state index contributed by atoms with van der Waals surface area (Å²) in [6.45, 7) is 5.12. The van der Waals surface area contributed by atoms with E-state index in [1.54, 1.807) is 14.2 Å². The van der Waals surface area contributed by atoms with E-state index >= 15 is 0 Å². The molecule has 0 spiro atoms. The van der Waals surface area contributed by atoms with Crippen LogP contribution in [-0.2, 0) is 28.5 Å². The van der Waals surface area contributed by atoms with Gasteiger partial charge < -0.3 is 29.6 Å². The molecule has 148 valence electrons. The second-order valence-corrected chi connectivity index (χ2v) is 5.60. The van der Waals surface area contributed by atoms with Gasteiger partial charge >= 0.3 is 0 Å². The number of carbonyl (C=O) groups excluding carboxylic acids is 2. The lowest BCUT2D eigenvalue weighted by molar-refractivity contribution is -0.127. The molecule has 0 heterocycles. The molecule has 25 heavy (non-hydrogen) atoms. The van der Waals surface area contributed by atoms with E-state index < -0.39 is 0 Å². The van der Waals surface area contributed by atoms with Gasteiger partial charge in [0.1, 0.15) is 12.7 Å². The molecule has 0 aliphatic carbocycles. The molecule has 0 aliphatic heterocycles. The van der Waals surface area contributed by atoms with Gasteiger partial charge in [-0.2, -0.15) is 0 Å². The van der Waals surface area contributed by atoms with E-state index in [1.165, 1.54) is 0 Å². The van der Waals surface area contributed by atoms with Gasteiger partial charge in [-0.25, -0.2) is 0 Å². The third kappa shape index (κ3) is 16.0. The maximum atomic E-state index is 11.6. The zero-order chi connectivity index (χ0) is 18.8. The molecule has 8 heteroatoms. The van der Waals surface area contributed by atoms with Gasteiger partial charge in [-0.15, -0.1) is 0 Å². The van der Waals surface area contributed by atoms with Crippen molar-refractivity contribution in [2.75, 3.05) is 60.3 Å². The Balaban J connectivity index is 3.38. The second-order valence-electron chi connectivity index (χ2n) is 5.60. The Morgan fingerprint density at radius 3 is 2.32 bits per heavy atom. The number of nitrogens with one attached hydrogen (secondary N) is 2. The fraction of sp³-hybridized carbons (Fsp3) is 0.882. The van der Waals surface area contributed by atoms with Crippen molar-refractivity contribution >= 4 is 11.8 Å². The number of ether oxygens (including phenoxy) is 4. The van der Waals surface area contributed by atoms with Crippen molar-refractivity contribution in [1.82, 2.24) is 10.6 Å². The molecule has 2 N–H and O–H groups in total. The molecule has 0 fully saturated rings. The van der Waals surface area contributed by atoms with Crippen LogP contribution in [0.3, 0.4) is 0 Å². The quantitative estimate of drug-likeness (QED) is 0.366. The van der Waals surface area contributed by atoms with Crippen LogP contribution in [0.15, 0.2) is 0 Å². The Kier molecular flexibility index (Phi) is 16.7. The van der Waals surface area contributed by atoms with Crippen LogP contribution in [0, 0.1) is 0 Å². The van der Waals surface area contributed by atoms with Crippen LogP contribution >= 0.6 is 0 Å². The van der Waals surface area contributed by atoms with E-state index in [4.69, 9.17) is 18.9 Å². The first-order valence-electron chi connectivity index (χ1n) is 8.84. The van der Waals surface area contributed by atoms with Crippen molar-refractivity contribution in [3.8, 4) is 0 Å². The van der Waals surface area contributed by atoms with Gasteiger partial charge in [0.15, 0.2) is 0 Å². The minimum absolute atomic E-state index is 0.00268. The van der Waals surface area contributed by atoms with E-state index in [1.807, 2.05) is 6.92 Å². The minimum Gasteiger partial charge on any atom is -0.382 e. The third-order valence-electron chi connectivity index (χ3n) is 3.28. The summed E-state index contributed by atoms with van der Waals surface area (Å²) in [4.78, 5) is 22.9. The number of methoxy groups -OCH3 is 2. The highest BCUT2D eigenvalue weighted by atomic mass is 16.5. The van der Waals surface area contributed by atoms with Crippen molar-refractivity contribution in [2.45, 2.75) is 38.7 Å². The summed E-state index contributed by atoms with van der Waals surface area (Å²) in [5.41, 5.74) is 0. The summed E-state index contributed by atoms with van der Waals surface area (Å²) >= 11 is 0. The monoisotopic (exact) mass is 362 g/mol. The van der Waals surface area contributed by atoms with Gasteiger partial charge in [-0.05, 0) is 19.3 Å².